The molecule has 1 aliphatic heterocycles. The summed E-state index contributed by atoms with van der Waals surface area (Å²) in [5.74, 6) is 0. The SMILES string of the molecule is CCC(C)(C)c1ccc(CN2CCCCC2)cc1. The van der Waals surface area contributed by atoms with E-state index in [0.29, 0.717) is 5.41 Å². The highest BCUT2D eigenvalue weighted by Gasteiger charge is 2.17. The van der Waals surface area contributed by atoms with Crippen LogP contribution in [0.1, 0.15) is 57.6 Å². The predicted octanol–water partition coefficient (Wildman–Crippen LogP) is 4.36. The molecule has 100 valence electrons. The number of nitrogens with zero attached hydrogens (tertiary/aromatic N) is 1. The summed E-state index contributed by atoms with van der Waals surface area (Å²) in [7, 11) is 0. The van der Waals surface area contributed by atoms with Gasteiger partial charge in [-0.25, -0.2) is 0 Å². The summed E-state index contributed by atoms with van der Waals surface area (Å²) in [4.78, 5) is 2.59. The molecule has 0 radical (unpaired) electrons. The van der Waals surface area contributed by atoms with Crippen LogP contribution in [0.25, 0.3) is 0 Å². The van der Waals surface area contributed by atoms with E-state index in [1.807, 2.05) is 0 Å². The van der Waals surface area contributed by atoms with Gasteiger partial charge in [0.05, 0.1) is 0 Å². The van der Waals surface area contributed by atoms with E-state index in [2.05, 4.69) is 49.9 Å². The molecular formula is C17H27N. The fourth-order valence-corrected chi connectivity index (χ4v) is 2.64. The van der Waals surface area contributed by atoms with Gasteiger partial charge in [0.15, 0.2) is 0 Å². The average molecular weight is 245 g/mol. The minimum atomic E-state index is 0.309. The Balaban J connectivity index is 1.99. The minimum Gasteiger partial charge on any atom is -0.299 e. The molecule has 18 heavy (non-hydrogen) atoms. The molecular weight excluding hydrogens is 218 g/mol. The molecule has 1 aromatic rings. The molecule has 0 N–H and O–H groups in total. The molecule has 1 heterocycles. The first kappa shape index (κ1) is 13.6. The molecule has 0 unspecified atom stereocenters. The smallest absolute Gasteiger partial charge is 0.0233 e. The van der Waals surface area contributed by atoms with Crippen LogP contribution in [0.4, 0.5) is 0 Å². The zero-order valence-corrected chi connectivity index (χ0v) is 12.2. The van der Waals surface area contributed by atoms with Crippen molar-refractivity contribution >= 4 is 0 Å². The van der Waals surface area contributed by atoms with Gasteiger partial charge < -0.3 is 0 Å². The lowest BCUT2D eigenvalue weighted by atomic mass is 9.82. The first-order chi connectivity index (χ1) is 8.62. The van der Waals surface area contributed by atoms with E-state index in [9.17, 15) is 0 Å². The Morgan fingerprint density at radius 3 is 2.17 bits per heavy atom. The van der Waals surface area contributed by atoms with Crippen molar-refractivity contribution in [2.24, 2.45) is 0 Å². The summed E-state index contributed by atoms with van der Waals surface area (Å²) >= 11 is 0. The Morgan fingerprint density at radius 2 is 1.61 bits per heavy atom. The number of benzene rings is 1. The quantitative estimate of drug-likeness (QED) is 0.762. The van der Waals surface area contributed by atoms with Gasteiger partial charge >= 0.3 is 0 Å². The maximum Gasteiger partial charge on any atom is 0.0233 e. The number of likely N-dealkylation sites (tertiary alicyclic amines) is 1. The molecule has 0 bridgehead atoms. The first-order valence-electron chi connectivity index (χ1n) is 7.43. The third kappa shape index (κ3) is 3.35. The lowest BCUT2D eigenvalue weighted by Crippen LogP contribution is -2.29. The van der Waals surface area contributed by atoms with Crippen LogP contribution in [0.2, 0.25) is 0 Å². The van der Waals surface area contributed by atoms with Crippen molar-refractivity contribution in [3.63, 3.8) is 0 Å². The van der Waals surface area contributed by atoms with Crippen LogP contribution in [-0.2, 0) is 12.0 Å². The molecule has 0 aromatic heterocycles. The molecule has 0 saturated carbocycles. The predicted molar refractivity (Wildman–Crippen MR) is 78.9 cm³/mol. The van der Waals surface area contributed by atoms with Gasteiger partial charge in [-0.3, -0.25) is 4.90 Å². The van der Waals surface area contributed by atoms with Gasteiger partial charge in [0.25, 0.3) is 0 Å². The van der Waals surface area contributed by atoms with Crippen LogP contribution in [0.3, 0.4) is 0 Å². The maximum absolute atomic E-state index is 2.59. The van der Waals surface area contributed by atoms with E-state index in [-0.39, 0.29) is 0 Å². The van der Waals surface area contributed by atoms with E-state index in [1.54, 1.807) is 0 Å². The molecule has 1 aromatic carbocycles. The topological polar surface area (TPSA) is 3.24 Å². The van der Waals surface area contributed by atoms with Crippen LogP contribution in [0, 0.1) is 0 Å². The molecule has 1 saturated heterocycles. The molecule has 1 nitrogen and oxygen atoms in total. The van der Waals surface area contributed by atoms with Gasteiger partial charge in [-0.15, -0.1) is 0 Å². The summed E-state index contributed by atoms with van der Waals surface area (Å²) in [6.45, 7) is 10.6. The molecule has 1 aliphatic rings. The zero-order valence-electron chi connectivity index (χ0n) is 12.2. The van der Waals surface area contributed by atoms with Crippen LogP contribution >= 0.6 is 0 Å². The number of hydrogen-bond donors (Lipinski definition) is 0. The van der Waals surface area contributed by atoms with Gasteiger partial charge in [-0.2, -0.15) is 0 Å². The number of piperidine rings is 1. The standard InChI is InChI=1S/C17H27N/c1-4-17(2,3)16-10-8-15(9-11-16)14-18-12-6-5-7-13-18/h8-11H,4-7,12-14H2,1-3H3. The molecule has 2 rings (SSSR count). The van der Waals surface area contributed by atoms with Gasteiger partial charge in [0.2, 0.25) is 0 Å². The number of hydrogen-bond acceptors (Lipinski definition) is 1. The van der Waals surface area contributed by atoms with Crippen molar-refractivity contribution in [3.8, 4) is 0 Å². The second-order valence-electron chi connectivity index (χ2n) is 6.27. The van der Waals surface area contributed by atoms with Crippen molar-refractivity contribution in [1.29, 1.82) is 0 Å². The average Bonchev–Trinajstić information content (AvgIpc) is 2.40. The van der Waals surface area contributed by atoms with Gasteiger partial charge in [0.1, 0.15) is 0 Å². The van der Waals surface area contributed by atoms with E-state index < -0.39 is 0 Å². The lowest BCUT2D eigenvalue weighted by molar-refractivity contribution is 0.221. The maximum atomic E-state index is 2.59. The molecule has 0 amide bonds. The third-order valence-corrected chi connectivity index (χ3v) is 4.47. The number of rotatable bonds is 4. The largest absolute Gasteiger partial charge is 0.299 e. The highest BCUT2D eigenvalue weighted by Crippen LogP contribution is 2.27. The van der Waals surface area contributed by atoms with Gasteiger partial charge in [-0.1, -0.05) is 51.5 Å². The van der Waals surface area contributed by atoms with Gasteiger partial charge in [-0.05, 0) is 48.9 Å². The van der Waals surface area contributed by atoms with Crippen LogP contribution in [-0.4, -0.2) is 18.0 Å². The molecule has 0 aliphatic carbocycles. The lowest BCUT2D eigenvalue weighted by Gasteiger charge is -2.27. The van der Waals surface area contributed by atoms with Crippen molar-refractivity contribution in [3.05, 3.63) is 35.4 Å². The Bertz CT molecular complexity index is 358. The molecule has 0 atom stereocenters. The Kier molecular flexibility index (Phi) is 4.45. The highest BCUT2D eigenvalue weighted by molar-refractivity contribution is 5.28. The summed E-state index contributed by atoms with van der Waals surface area (Å²) < 4.78 is 0. The van der Waals surface area contributed by atoms with E-state index in [0.717, 1.165) is 6.54 Å². The monoisotopic (exact) mass is 245 g/mol. The van der Waals surface area contributed by atoms with Crippen molar-refractivity contribution < 1.29 is 0 Å². The Labute approximate surface area is 112 Å². The molecule has 0 spiro atoms. The molecule has 1 heteroatoms. The van der Waals surface area contributed by atoms with Gasteiger partial charge in [0, 0.05) is 6.54 Å². The Morgan fingerprint density at radius 1 is 1.00 bits per heavy atom. The van der Waals surface area contributed by atoms with E-state index in [1.165, 1.54) is 49.9 Å². The third-order valence-electron chi connectivity index (χ3n) is 4.47. The van der Waals surface area contributed by atoms with Crippen LogP contribution < -0.4 is 0 Å². The summed E-state index contributed by atoms with van der Waals surface area (Å²) in [5.41, 5.74) is 3.24. The fourth-order valence-electron chi connectivity index (χ4n) is 2.64. The van der Waals surface area contributed by atoms with Crippen molar-refractivity contribution in [2.45, 2.75) is 58.4 Å². The molecule has 1 fully saturated rings. The van der Waals surface area contributed by atoms with Crippen LogP contribution in [0.5, 0.6) is 0 Å². The summed E-state index contributed by atoms with van der Waals surface area (Å²) in [6.07, 6.45) is 5.36. The minimum absolute atomic E-state index is 0.309. The fraction of sp³-hybridized carbons (Fsp3) is 0.647. The summed E-state index contributed by atoms with van der Waals surface area (Å²) in [5, 5.41) is 0. The first-order valence-corrected chi connectivity index (χ1v) is 7.43. The second kappa shape index (κ2) is 5.88. The van der Waals surface area contributed by atoms with Crippen molar-refractivity contribution in [2.75, 3.05) is 13.1 Å². The normalized spacial score (nSPS) is 17.9. The summed E-state index contributed by atoms with van der Waals surface area (Å²) in [6, 6.07) is 9.29. The highest BCUT2D eigenvalue weighted by atomic mass is 15.1. The second-order valence-corrected chi connectivity index (χ2v) is 6.27. The van der Waals surface area contributed by atoms with Crippen LogP contribution in [0.15, 0.2) is 24.3 Å². The zero-order chi connectivity index (χ0) is 13.0. The van der Waals surface area contributed by atoms with Crippen molar-refractivity contribution in [1.82, 2.24) is 4.90 Å². The van der Waals surface area contributed by atoms with E-state index in [4.69, 9.17) is 0 Å². The Hall–Kier alpha value is -0.820. The van der Waals surface area contributed by atoms with E-state index >= 15 is 0 Å².